The van der Waals surface area contributed by atoms with Gasteiger partial charge in [0.05, 0.1) is 11.6 Å². The molecule has 10 heavy (non-hydrogen) atoms. The normalized spacial score (nSPS) is 6.60. The first-order chi connectivity index (χ1) is 4.79. The SMILES string of the molecule is CCC(C#N)=C(C#N)C#N. The van der Waals surface area contributed by atoms with Crippen molar-refractivity contribution in [2.75, 3.05) is 0 Å². The van der Waals surface area contributed by atoms with Gasteiger partial charge in [0, 0.05) is 0 Å². The summed E-state index contributed by atoms with van der Waals surface area (Å²) in [5, 5.41) is 24.9. The van der Waals surface area contributed by atoms with Crippen LogP contribution in [0.1, 0.15) is 13.3 Å². The van der Waals surface area contributed by atoms with Crippen LogP contribution in [0, 0.1) is 34.0 Å². The van der Waals surface area contributed by atoms with Crippen LogP contribution in [0.15, 0.2) is 11.1 Å². The first-order valence-corrected chi connectivity index (χ1v) is 2.73. The van der Waals surface area contributed by atoms with Crippen molar-refractivity contribution in [3.05, 3.63) is 11.1 Å². The minimum Gasteiger partial charge on any atom is -0.193 e. The van der Waals surface area contributed by atoms with Crippen molar-refractivity contribution in [1.82, 2.24) is 0 Å². The third-order valence-corrected chi connectivity index (χ3v) is 1.01. The molecule has 0 aliphatic heterocycles. The van der Waals surface area contributed by atoms with Crippen molar-refractivity contribution in [1.29, 1.82) is 15.8 Å². The maximum absolute atomic E-state index is 8.35. The predicted octanol–water partition coefficient (Wildman–Crippen LogP) is 1.26. The molecule has 0 fully saturated rings. The number of hydrogen-bond acceptors (Lipinski definition) is 3. The lowest BCUT2D eigenvalue weighted by Gasteiger charge is -1.86. The van der Waals surface area contributed by atoms with Crippen molar-refractivity contribution in [2.45, 2.75) is 13.3 Å². The molecule has 0 saturated carbocycles. The lowest BCUT2D eigenvalue weighted by atomic mass is 10.1. The standard InChI is InChI=1S/C7H5N3/c1-2-6(3-8)7(4-9)5-10/h2H2,1H3. The molecule has 3 heteroatoms. The van der Waals surface area contributed by atoms with Crippen LogP contribution in [0.3, 0.4) is 0 Å². The quantitative estimate of drug-likeness (QED) is 0.503. The zero-order valence-electron chi connectivity index (χ0n) is 5.55. The smallest absolute Gasteiger partial charge is 0.143 e. The van der Waals surface area contributed by atoms with Gasteiger partial charge in [0.1, 0.15) is 17.7 Å². The first kappa shape index (κ1) is 8.21. The van der Waals surface area contributed by atoms with Gasteiger partial charge in [0.15, 0.2) is 0 Å². The second kappa shape index (κ2) is 4.13. The molecule has 0 bridgehead atoms. The van der Waals surface area contributed by atoms with Crippen molar-refractivity contribution in [3.63, 3.8) is 0 Å². The summed E-state index contributed by atoms with van der Waals surface area (Å²) in [5.41, 5.74) is 0.176. The Balaban J connectivity index is 4.86. The van der Waals surface area contributed by atoms with Crippen molar-refractivity contribution < 1.29 is 0 Å². The zero-order chi connectivity index (χ0) is 7.98. The fraction of sp³-hybridized carbons (Fsp3) is 0.286. The summed E-state index contributed by atoms with van der Waals surface area (Å²) >= 11 is 0. The van der Waals surface area contributed by atoms with Gasteiger partial charge in [-0.3, -0.25) is 0 Å². The molecule has 0 unspecified atom stereocenters. The van der Waals surface area contributed by atoms with Gasteiger partial charge in [-0.25, -0.2) is 0 Å². The summed E-state index contributed by atoms with van der Waals surface area (Å²) in [4.78, 5) is 0. The molecule has 3 nitrogen and oxygen atoms in total. The number of rotatable bonds is 1. The van der Waals surface area contributed by atoms with E-state index in [1.54, 1.807) is 25.1 Å². The summed E-state index contributed by atoms with van der Waals surface area (Å²) < 4.78 is 0. The summed E-state index contributed by atoms with van der Waals surface area (Å²) in [6, 6.07) is 5.09. The molecule has 48 valence electrons. The molecule has 0 aliphatic rings. The summed E-state index contributed by atoms with van der Waals surface area (Å²) in [6.45, 7) is 1.73. The highest BCUT2D eigenvalue weighted by molar-refractivity contribution is 5.45. The largest absolute Gasteiger partial charge is 0.193 e. The summed E-state index contributed by atoms with van der Waals surface area (Å²) in [7, 11) is 0. The monoisotopic (exact) mass is 131 g/mol. The lowest BCUT2D eigenvalue weighted by molar-refractivity contribution is 1.14. The van der Waals surface area contributed by atoms with Gasteiger partial charge in [-0.05, 0) is 6.42 Å². The van der Waals surface area contributed by atoms with Gasteiger partial charge in [0.25, 0.3) is 0 Å². The maximum Gasteiger partial charge on any atom is 0.143 e. The van der Waals surface area contributed by atoms with Crippen LogP contribution in [0.2, 0.25) is 0 Å². The highest BCUT2D eigenvalue weighted by atomic mass is 14.3. The summed E-state index contributed by atoms with van der Waals surface area (Å²) in [6.07, 6.45) is 0.437. The second-order valence-corrected chi connectivity index (χ2v) is 1.54. The number of hydrogen-bond donors (Lipinski definition) is 0. The average molecular weight is 131 g/mol. The van der Waals surface area contributed by atoms with Gasteiger partial charge in [0.2, 0.25) is 0 Å². The minimum atomic E-state index is -0.0787. The number of nitrogens with zero attached hydrogens (tertiary/aromatic N) is 3. The Kier molecular flexibility index (Phi) is 3.39. The molecule has 0 radical (unpaired) electrons. The molecular formula is C7H5N3. The second-order valence-electron chi connectivity index (χ2n) is 1.54. The van der Waals surface area contributed by atoms with Crippen LogP contribution in [0.5, 0.6) is 0 Å². The van der Waals surface area contributed by atoms with Crippen molar-refractivity contribution in [3.8, 4) is 18.2 Å². The van der Waals surface area contributed by atoms with Gasteiger partial charge in [-0.1, -0.05) is 6.92 Å². The first-order valence-electron chi connectivity index (χ1n) is 2.73. The Bertz CT molecular complexity index is 251. The van der Waals surface area contributed by atoms with Crippen molar-refractivity contribution in [2.24, 2.45) is 0 Å². The van der Waals surface area contributed by atoms with Crippen molar-refractivity contribution >= 4 is 0 Å². The van der Waals surface area contributed by atoms with E-state index in [1.807, 2.05) is 0 Å². The Morgan fingerprint density at radius 2 is 1.60 bits per heavy atom. The molecule has 0 heterocycles. The fourth-order valence-electron chi connectivity index (χ4n) is 0.472. The van der Waals surface area contributed by atoms with Crippen LogP contribution in [0.25, 0.3) is 0 Å². The molecule has 0 amide bonds. The predicted molar refractivity (Wildman–Crippen MR) is 34.2 cm³/mol. The topological polar surface area (TPSA) is 71.4 Å². The molecule has 0 aromatic carbocycles. The Hall–Kier alpha value is -1.79. The third kappa shape index (κ3) is 1.62. The van der Waals surface area contributed by atoms with E-state index in [1.165, 1.54) is 0 Å². The van der Waals surface area contributed by atoms with Gasteiger partial charge in [-0.15, -0.1) is 0 Å². The number of allylic oxidation sites excluding steroid dienone is 2. The van der Waals surface area contributed by atoms with E-state index in [0.29, 0.717) is 6.42 Å². The fourth-order valence-corrected chi connectivity index (χ4v) is 0.472. The molecular weight excluding hydrogens is 126 g/mol. The molecule has 0 spiro atoms. The Morgan fingerprint density at radius 3 is 1.70 bits per heavy atom. The maximum atomic E-state index is 8.35. The molecule has 0 aromatic rings. The molecule has 0 aromatic heterocycles. The van der Waals surface area contributed by atoms with Crippen LogP contribution in [-0.4, -0.2) is 0 Å². The highest BCUT2D eigenvalue weighted by Crippen LogP contribution is 2.04. The van der Waals surface area contributed by atoms with E-state index < -0.39 is 0 Å². The molecule has 0 atom stereocenters. The number of nitriles is 3. The van der Waals surface area contributed by atoms with E-state index in [2.05, 4.69) is 0 Å². The molecule has 0 rings (SSSR count). The Labute approximate surface area is 59.4 Å². The minimum absolute atomic E-state index is 0.0787. The van der Waals surface area contributed by atoms with Crippen LogP contribution >= 0.6 is 0 Å². The molecule has 0 saturated heterocycles. The van der Waals surface area contributed by atoms with Gasteiger partial charge in [-0.2, -0.15) is 15.8 Å². The van der Waals surface area contributed by atoms with Gasteiger partial charge < -0.3 is 0 Å². The highest BCUT2D eigenvalue weighted by Gasteiger charge is 2.00. The van der Waals surface area contributed by atoms with Gasteiger partial charge >= 0.3 is 0 Å². The van der Waals surface area contributed by atoms with Crippen LogP contribution in [-0.2, 0) is 0 Å². The molecule has 0 N–H and O–H groups in total. The van der Waals surface area contributed by atoms with E-state index in [4.69, 9.17) is 15.8 Å². The third-order valence-electron chi connectivity index (χ3n) is 1.01. The van der Waals surface area contributed by atoms with E-state index >= 15 is 0 Å². The van der Waals surface area contributed by atoms with Crippen LogP contribution in [0.4, 0.5) is 0 Å². The average Bonchev–Trinajstić information content (AvgIpc) is 2.00. The van der Waals surface area contributed by atoms with E-state index in [9.17, 15) is 0 Å². The summed E-state index contributed by atoms with van der Waals surface area (Å²) in [5.74, 6) is 0. The van der Waals surface area contributed by atoms with Crippen LogP contribution < -0.4 is 0 Å². The molecule has 0 aliphatic carbocycles. The van der Waals surface area contributed by atoms with E-state index in [-0.39, 0.29) is 11.1 Å². The van der Waals surface area contributed by atoms with E-state index in [0.717, 1.165) is 0 Å². The lowest BCUT2D eigenvalue weighted by Crippen LogP contribution is -1.81. The Morgan fingerprint density at radius 1 is 1.10 bits per heavy atom. The zero-order valence-corrected chi connectivity index (χ0v) is 5.55.